The van der Waals surface area contributed by atoms with Crippen LogP contribution >= 0.6 is 35.3 Å². The molecule has 5 nitrogen and oxygen atoms in total. The first-order valence-electron chi connectivity index (χ1n) is 7.11. The third-order valence-electron chi connectivity index (χ3n) is 3.69. The Hall–Kier alpha value is -1.34. The number of rotatable bonds is 3. The molecule has 1 aromatic heterocycles. The Morgan fingerprint density at radius 3 is 2.65 bits per heavy atom. The van der Waals surface area contributed by atoms with E-state index in [1.807, 2.05) is 29.2 Å². The van der Waals surface area contributed by atoms with Gasteiger partial charge in [-0.25, -0.2) is 4.98 Å². The molecule has 3 rings (SSSR count). The SMILES string of the molecule is Cl.NCc1nc(C(=O)N2CCN(c3cccc(Cl)c3)CC2)cs1. The second-order valence-electron chi connectivity index (χ2n) is 5.09. The topological polar surface area (TPSA) is 62.5 Å². The number of anilines is 1. The quantitative estimate of drug-likeness (QED) is 0.899. The van der Waals surface area contributed by atoms with Crippen molar-refractivity contribution >= 4 is 46.9 Å². The number of hydrogen-bond donors (Lipinski definition) is 1. The summed E-state index contributed by atoms with van der Waals surface area (Å²) in [6.07, 6.45) is 0. The van der Waals surface area contributed by atoms with Crippen molar-refractivity contribution < 1.29 is 4.79 Å². The van der Waals surface area contributed by atoms with Gasteiger partial charge < -0.3 is 15.5 Å². The van der Waals surface area contributed by atoms with E-state index in [9.17, 15) is 4.79 Å². The zero-order chi connectivity index (χ0) is 15.5. The smallest absolute Gasteiger partial charge is 0.273 e. The molecule has 1 aliphatic rings. The summed E-state index contributed by atoms with van der Waals surface area (Å²) in [5, 5.41) is 3.31. The number of thiazole rings is 1. The molecule has 0 saturated carbocycles. The maximum Gasteiger partial charge on any atom is 0.273 e. The minimum absolute atomic E-state index is 0. The highest BCUT2D eigenvalue weighted by Gasteiger charge is 2.23. The van der Waals surface area contributed by atoms with Crippen LogP contribution in [0.1, 0.15) is 15.5 Å². The maximum atomic E-state index is 12.4. The molecule has 1 aliphatic heterocycles. The van der Waals surface area contributed by atoms with Crippen molar-refractivity contribution in [2.75, 3.05) is 31.1 Å². The van der Waals surface area contributed by atoms with Gasteiger partial charge in [-0.05, 0) is 18.2 Å². The van der Waals surface area contributed by atoms with Crippen LogP contribution in [-0.4, -0.2) is 42.0 Å². The summed E-state index contributed by atoms with van der Waals surface area (Å²) >= 11 is 7.46. The number of nitrogens with zero attached hydrogens (tertiary/aromatic N) is 3. The second-order valence-corrected chi connectivity index (χ2v) is 6.47. The zero-order valence-electron chi connectivity index (χ0n) is 12.4. The van der Waals surface area contributed by atoms with Crippen LogP contribution in [0, 0.1) is 0 Å². The molecule has 2 aromatic rings. The van der Waals surface area contributed by atoms with E-state index in [2.05, 4.69) is 9.88 Å². The molecule has 2 N–H and O–H groups in total. The van der Waals surface area contributed by atoms with E-state index in [4.69, 9.17) is 17.3 Å². The molecule has 0 bridgehead atoms. The molecule has 1 amide bonds. The van der Waals surface area contributed by atoms with Crippen LogP contribution in [0.2, 0.25) is 5.02 Å². The molecule has 124 valence electrons. The summed E-state index contributed by atoms with van der Waals surface area (Å²) in [4.78, 5) is 20.8. The van der Waals surface area contributed by atoms with Crippen LogP contribution in [0.3, 0.4) is 0 Å². The van der Waals surface area contributed by atoms with Gasteiger partial charge in [0.15, 0.2) is 0 Å². The van der Waals surface area contributed by atoms with Crippen LogP contribution in [0.15, 0.2) is 29.6 Å². The van der Waals surface area contributed by atoms with Gasteiger partial charge in [0.05, 0.1) is 0 Å². The Balaban J connectivity index is 0.00000192. The summed E-state index contributed by atoms with van der Waals surface area (Å²) in [5.41, 5.74) is 7.14. The van der Waals surface area contributed by atoms with Gasteiger partial charge >= 0.3 is 0 Å². The molecule has 23 heavy (non-hydrogen) atoms. The molecule has 0 atom stereocenters. The van der Waals surface area contributed by atoms with Gasteiger partial charge in [-0.2, -0.15) is 0 Å². The Morgan fingerprint density at radius 2 is 2.04 bits per heavy atom. The van der Waals surface area contributed by atoms with Crippen molar-refractivity contribution in [3.8, 4) is 0 Å². The first-order valence-corrected chi connectivity index (χ1v) is 8.37. The molecule has 0 aliphatic carbocycles. The standard InChI is InChI=1S/C15H17ClN4OS.ClH/c16-11-2-1-3-12(8-11)19-4-6-20(7-5-19)15(21)13-10-22-14(9-17)18-13;/h1-3,8,10H,4-7,9,17H2;1H. The molecule has 0 radical (unpaired) electrons. The Bertz CT molecular complexity index is 671. The number of carbonyl (C=O) groups is 1. The molecule has 1 fully saturated rings. The number of piperazine rings is 1. The molecular formula is C15H18Cl2N4OS. The highest BCUT2D eigenvalue weighted by molar-refractivity contribution is 7.09. The molecule has 1 aromatic carbocycles. The number of hydrogen-bond acceptors (Lipinski definition) is 5. The lowest BCUT2D eigenvalue weighted by molar-refractivity contribution is 0.0741. The van der Waals surface area contributed by atoms with Crippen LogP contribution in [0.4, 0.5) is 5.69 Å². The first-order chi connectivity index (χ1) is 10.7. The van der Waals surface area contributed by atoms with Gasteiger partial charge in [0.25, 0.3) is 5.91 Å². The van der Waals surface area contributed by atoms with Crippen LogP contribution < -0.4 is 10.6 Å². The molecule has 0 unspecified atom stereocenters. The fourth-order valence-electron chi connectivity index (χ4n) is 2.51. The highest BCUT2D eigenvalue weighted by Crippen LogP contribution is 2.21. The number of nitrogens with two attached hydrogens (primary N) is 1. The first kappa shape index (κ1) is 18.0. The number of amides is 1. The summed E-state index contributed by atoms with van der Waals surface area (Å²) in [6.45, 7) is 3.32. The van der Waals surface area contributed by atoms with Gasteiger partial charge in [0, 0.05) is 48.8 Å². The largest absolute Gasteiger partial charge is 0.368 e. The number of halogens is 2. The predicted molar refractivity (Wildman–Crippen MR) is 96.8 cm³/mol. The summed E-state index contributed by atoms with van der Waals surface area (Å²) in [7, 11) is 0. The van der Waals surface area contributed by atoms with Crippen LogP contribution in [0.5, 0.6) is 0 Å². The number of benzene rings is 1. The predicted octanol–water partition coefficient (Wildman–Crippen LogP) is 2.64. The normalized spacial score (nSPS) is 14.5. The number of aromatic nitrogens is 1. The van der Waals surface area contributed by atoms with Gasteiger partial charge in [-0.15, -0.1) is 23.7 Å². The lowest BCUT2D eigenvalue weighted by atomic mass is 10.2. The van der Waals surface area contributed by atoms with Gasteiger partial charge in [0.1, 0.15) is 10.7 Å². The third-order valence-corrected chi connectivity index (χ3v) is 4.79. The van der Waals surface area contributed by atoms with Gasteiger partial charge in [-0.1, -0.05) is 17.7 Å². The van der Waals surface area contributed by atoms with Gasteiger partial charge in [0.2, 0.25) is 0 Å². The summed E-state index contributed by atoms with van der Waals surface area (Å²) < 4.78 is 0. The lowest BCUT2D eigenvalue weighted by Gasteiger charge is -2.35. The fraction of sp³-hybridized carbons (Fsp3) is 0.333. The monoisotopic (exact) mass is 372 g/mol. The van der Waals surface area contributed by atoms with Gasteiger partial charge in [-0.3, -0.25) is 4.79 Å². The van der Waals surface area contributed by atoms with E-state index in [-0.39, 0.29) is 18.3 Å². The van der Waals surface area contributed by atoms with Crippen molar-refractivity contribution in [1.29, 1.82) is 0 Å². The maximum absolute atomic E-state index is 12.4. The zero-order valence-corrected chi connectivity index (χ0v) is 14.8. The summed E-state index contributed by atoms with van der Waals surface area (Å²) in [5.74, 6) is -0.0123. The van der Waals surface area contributed by atoms with Crippen molar-refractivity contribution in [2.24, 2.45) is 5.73 Å². The fourth-order valence-corrected chi connectivity index (χ4v) is 3.34. The minimum atomic E-state index is -0.0123. The van der Waals surface area contributed by atoms with E-state index in [0.717, 1.165) is 28.8 Å². The van der Waals surface area contributed by atoms with E-state index in [1.165, 1.54) is 11.3 Å². The average Bonchev–Trinajstić information content (AvgIpc) is 3.03. The van der Waals surface area contributed by atoms with E-state index in [1.54, 1.807) is 5.38 Å². The van der Waals surface area contributed by atoms with Crippen LogP contribution in [0.25, 0.3) is 0 Å². The summed E-state index contributed by atoms with van der Waals surface area (Å²) in [6, 6.07) is 7.80. The highest BCUT2D eigenvalue weighted by atomic mass is 35.5. The number of carbonyl (C=O) groups excluding carboxylic acids is 1. The average molecular weight is 373 g/mol. The van der Waals surface area contributed by atoms with Crippen molar-refractivity contribution in [2.45, 2.75) is 6.54 Å². The third kappa shape index (κ3) is 4.14. The molecule has 2 heterocycles. The Morgan fingerprint density at radius 1 is 1.30 bits per heavy atom. The van der Waals surface area contributed by atoms with E-state index < -0.39 is 0 Å². The Labute approximate surface area is 150 Å². The molecular weight excluding hydrogens is 355 g/mol. The van der Waals surface area contributed by atoms with E-state index in [0.29, 0.717) is 25.3 Å². The second kappa shape index (κ2) is 7.97. The lowest BCUT2D eigenvalue weighted by Crippen LogP contribution is -2.48. The van der Waals surface area contributed by atoms with Crippen molar-refractivity contribution in [3.05, 3.63) is 45.4 Å². The molecule has 0 spiro atoms. The molecule has 8 heteroatoms. The van der Waals surface area contributed by atoms with Crippen molar-refractivity contribution in [1.82, 2.24) is 9.88 Å². The van der Waals surface area contributed by atoms with Crippen molar-refractivity contribution in [3.63, 3.8) is 0 Å². The Kier molecular flexibility index (Phi) is 6.24. The molecule has 1 saturated heterocycles. The minimum Gasteiger partial charge on any atom is -0.368 e. The van der Waals surface area contributed by atoms with E-state index >= 15 is 0 Å². The van der Waals surface area contributed by atoms with Crippen LogP contribution in [-0.2, 0) is 6.54 Å².